The van der Waals surface area contributed by atoms with E-state index in [2.05, 4.69) is 18.8 Å². The molecule has 208 valence electrons. The van der Waals surface area contributed by atoms with Crippen LogP contribution in [0.2, 0.25) is 5.02 Å². The first-order valence-corrected chi connectivity index (χ1v) is 16.2. The predicted molar refractivity (Wildman–Crippen MR) is 159 cm³/mol. The smallest absolute Gasteiger partial charge is 0.185 e. The number of unbranched alkanes of at least 4 members (excludes halogenated alkanes) is 20. The van der Waals surface area contributed by atoms with E-state index in [1.807, 2.05) is 6.07 Å². The van der Waals surface area contributed by atoms with Crippen LogP contribution in [-0.4, -0.2) is 10.8 Å². The van der Waals surface area contributed by atoms with Crippen LogP contribution in [0.3, 0.4) is 0 Å². The maximum Gasteiger partial charge on any atom is 0.185 e. The van der Waals surface area contributed by atoms with Gasteiger partial charge < -0.3 is 0 Å². The van der Waals surface area contributed by atoms with E-state index in [1.165, 1.54) is 128 Å². The van der Waals surface area contributed by atoms with Gasteiger partial charge in [0, 0.05) is 12.1 Å². The number of Topliss-reactive ketones (excluding diaryl/α,β-unsaturated/α-hetero) is 1. The van der Waals surface area contributed by atoms with Crippen molar-refractivity contribution in [3.63, 3.8) is 0 Å². The van der Waals surface area contributed by atoms with Crippen molar-refractivity contribution in [1.82, 2.24) is 4.98 Å². The summed E-state index contributed by atoms with van der Waals surface area (Å²) >= 11 is 6.32. The Hall–Kier alpha value is -0.890. The van der Waals surface area contributed by atoms with Crippen LogP contribution in [-0.2, 0) is 0 Å². The lowest BCUT2D eigenvalue weighted by atomic mass is 9.89. The van der Waals surface area contributed by atoms with E-state index in [-0.39, 0.29) is 11.7 Å². The van der Waals surface area contributed by atoms with Gasteiger partial charge >= 0.3 is 0 Å². The van der Waals surface area contributed by atoms with E-state index in [1.54, 1.807) is 12.3 Å². The molecular weight excluding hydrogens is 462 g/mol. The van der Waals surface area contributed by atoms with Crippen molar-refractivity contribution < 1.29 is 4.79 Å². The molecule has 0 spiro atoms. The van der Waals surface area contributed by atoms with Crippen LogP contribution in [0.15, 0.2) is 18.3 Å². The summed E-state index contributed by atoms with van der Waals surface area (Å²) in [5, 5.41) is 0.505. The minimum Gasteiger partial charge on any atom is -0.292 e. The highest BCUT2D eigenvalue weighted by Crippen LogP contribution is 2.25. The molecule has 36 heavy (non-hydrogen) atoms. The summed E-state index contributed by atoms with van der Waals surface area (Å²) in [6.07, 6.45) is 33.2. The number of nitrogens with zero attached hydrogens (tertiary/aromatic N) is 1. The third-order valence-corrected chi connectivity index (χ3v) is 7.98. The lowest BCUT2D eigenvalue weighted by molar-refractivity contribution is 0.0896. The zero-order valence-electron chi connectivity index (χ0n) is 24.0. The lowest BCUT2D eigenvalue weighted by Gasteiger charge is -2.16. The molecule has 0 aliphatic heterocycles. The molecule has 0 saturated heterocycles. The lowest BCUT2D eigenvalue weighted by Crippen LogP contribution is -2.17. The molecule has 1 unspecified atom stereocenters. The van der Waals surface area contributed by atoms with Gasteiger partial charge in [-0.25, -0.2) is 0 Å². The first kappa shape index (κ1) is 33.1. The third kappa shape index (κ3) is 17.5. The normalized spacial score (nSPS) is 12.2. The number of carbonyl (C=O) groups is 1. The summed E-state index contributed by atoms with van der Waals surface area (Å²) in [5.74, 6) is 0.245. The van der Waals surface area contributed by atoms with Crippen molar-refractivity contribution in [3.8, 4) is 0 Å². The predicted octanol–water partition coefficient (Wildman–Crippen LogP) is 11.9. The second kappa shape index (κ2) is 24.4. The summed E-state index contributed by atoms with van der Waals surface area (Å²) in [6.45, 7) is 4.56. The molecule has 1 aromatic heterocycles. The Kier molecular flexibility index (Phi) is 22.5. The van der Waals surface area contributed by atoms with Gasteiger partial charge in [0.1, 0.15) is 5.69 Å². The summed E-state index contributed by atoms with van der Waals surface area (Å²) in [4.78, 5) is 17.6. The Balaban J connectivity index is 2.25. The summed E-state index contributed by atoms with van der Waals surface area (Å²) < 4.78 is 0. The number of hydrogen-bond donors (Lipinski definition) is 0. The number of carbonyl (C=O) groups excluding carboxylic acids is 1. The van der Waals surface area contributed by atoms with Crippen molar-refractivity contribution >= 4 is 17.4 Å². The van der Waals surface area contributed by atoms with Crippen molar-refractivity contribution in [1.29, 1.82) is 0 Å². The van der Waals surface area contributed by atoms with Gasteiger partial charge in [0.15, 0.2) is 5.78 Å². The molecule has 0 bridgehead atoms. The van der Waals surface area contributed by atoms with Gasteiger partial charge in [-0.05, 0) is 25.0 Å². The first-order valence-electron chi connectivity index (χ1n) is 15.8. The Morgan fingerprint density at radius 1 is 0.639 bits per heavy atom. The average molecular weight is 520 g/mol. The van der Waals surface area contributed by atoms with Crippen LogP contribution in [0.25, 0.3) is 0 Å². The molecule has 0 fully saturated rings. The summed E-state index contributed by atoms with van der Waals surface area (Å²) in [7, 11) is 0. The second-order valence-corrected chi connectivity index (χ2v) is 11.5. The molecule has 1 aromatic rings. The first-order chi connectivity index (χ1) is 17.7. The zero-order chi connectivity index (χ0) is 26.1. The fourth-order valence-electron chi connectivity index (χ4n) is 5.28. The fraction of sp³-hybridized carbons (Fsp3) is 0.818. The van der Waals surface area contributed by atoms with E-state index in [9.17, 15) is 4.79 Å². The molecule has 0 saturated carbocycles. The largest absolute Gasteiger partial charge is 0.292 e. The van der Waals surface area contributed by atoms with E-state index in [4.69, 9.17) is 11.6 Å². The molecule has 0 amide bonds. The minimum absolute atomic E-state index is 0.0783. The molecule has 1 atom stereocenters. The molecule has 1 heterocycles. The van der Waals surface area contributed by atoms with Gasteiger partial charge in [-0.2, -0.15) is 0 Å². The fourth-order valence-corrected chi connectivity index (χ4v) is 5.49. The maximum absolute atomic E-state index is 13.2. The van der Waals surface area contributed by atoms with Crippen LogP contribution in [0.1, 0.15) is 178 Å². The van der Waals surface area contributed by atoms with Crippen molar-refractivity contribution in [2.45, 2.75) is 168 Å². The number of hydrogen-bond acceptors (Lipinski definition) is 2. The van der Waals surface area contributed by atoms with Crippen LogP contribution in [0, 0.1) is 5.92 Å². The Morgan fingerprint density at radius 2 is 1.00 bits per heavy atom. The second-order valence-electron chi connectivity index (χ2n) is 11.0. The third-order valence-electron chi connectivity index (χ3n) is 7.67. The Bertz CT molecular complexity index is 632. The van der Waals surface area contributed by atoms with E-state index in [0.29, 0.717) is 10.7 Å². The highest BCUT2D eigenvalue weighted by molar-refractivity contribution is 6.33. The number of ketones is 1. The summed E-state index contributed by atoms with van der Waals surface area (Å²) in [6, 6.07) is 3.60. The number of halogens is 1. The van der Waals surface area contributed by atoms with Gasteiger partial charge in [-0.3, -0.25) is 9.78 Å². The van der Waals surface area contributed by atoms with Gasteiger partial charge in [0.25, 0.3) is 0 Å². The molecule has 0 radical (unpaired) electrons. The monoisotopic (exact) mass is 519 g/mol. The van der Waals surface area contributed by atoms with Crippen molar-refractivity contribution in [3.05, 3.63) is 29.0 Å². The molecule has 1 rings (SSSR count). The van der Waals surface area contributed by atoms with Gasteiger partial charge in [-0.15, -0.1) is 0 Å². The van der Waals surface area contributed by atoms with Crippen LogP contribution in [0.4, 0.5) is 0 Å². The van der Waals surface area contributed by atoms with Crippen LogP contribution in [0.5, 0.6) is 0 Å². The standard InChI is InChI=1S/C33H58ClNO/c1-3-5-7-9-11-13-15-16-18-20-22-24-27-30(33(36)32-31(34)28-25-29-35-32)26-23-21-19-17-14-12-10-8-6-4-2/h25,28-30H,3-24,26-27H2,1-2H3. The van der Waals surface area contributed by atoms with Crippen molar-refractivity contribution in [2.75, 3.05) is 0 Å². The van der Waals surface area contributed by atoms with Gasteiger partial charge in [0.05, 0.1) is 5.02 Å². The van der Waals surface area contributed by atoms with E-state index in [0.717, 1.165) is 25.7 Å². The van der Waals surface area contributed by atoms with Crippen LogP contribution >= 0.6 is 11.6 Å². The minimum atomic E-state index is 0.0783. The molecular formula is C33H58ClNO. The Labute approximate surface area is 229 Å². The summed E-state index contributed by atoms with van der Waals surface area (Å²) in [5.41, 5.74) is 0.482. The molecule has 0 aliphatic carbocycles. The number of rotatable bonds is 26. The zero-order valence-corrected chi connectivity index (χ0v) is 24.8. The van der Waals surface area contributed by atoms with Gasteiger partial charge in [-0.1, -0.05) is 167 Å². The highest BCUT2D eigenvalue weighted by Gasteiger charge is 2.22. The molecule has 0 aliphatic rings. The molecule has 0 N–H and O–H groups in total. The van der Waals surface area contributed by atoms with E-state index >= 15 is 0 Å². The highest BCUT2D eigenvalue weighted by atomic mass is 35.5. The quantitative estimate of drug-likeness (QED) is 0.0898. The topological polar surface area (TPSA) is 30.0 Å². The number of aromatic nitrogens is 1. The number of pyridine rings is 1. The maximum atomic E-state index is 13.2. The van der Waals surface area contributed by atoms with E-state index < -0.39 is 0 Å². The van der Waals surface area contributed by atoms with Crippen molar-refractivity contribution in [2.24, 2.45) is 5.92 Å². The molecule has 0 aromatic carbocycles. The molecule has 3 heteroatoms. The Morgan fingerprint density at radius 3 is 1.36 bits per heavy atom. The molecule has 2 nitrogen and oxygen atoms in total. The van der Waals surface area contributed by atoms with Crippen LogP contribution < -0.4 is 0 Å². The SMILES string of the molecule is CCCCCCCCCCCCCCC(CCCCCCCCCCCC)C(=O)c1ncccc1Cl. The van der Waals surface area contributed by atoms with Gasteiger partial charge in [0.2, 0.25) is 0 Å². The average Bonchev–Trinajstić information content (AvgIpc) is 2.89.